The predicted molar refractivity (Wildman–Crippen MR) is 64.2 cm³/mol. The number of rotatable bonds is 4. The van der Waals surface area contributed by atoms with E-state index >= 15 is 0 Å². The highest BCUT2D eigenvalue weighted by molar-refractivity contribution is 5.88. The molecule has 2 heterocycles. The maximum Gasteiger partial charge on any atom is 0.339 e. The molecule has 6 heteroatoms. The van der Waals surface area contributed by atoms with Gasteiger partial charge in [0, 0.05) is 25.4 Å². The molecule has 1 fully saturated rings. The third-order valence-corrected chi connectivity index (χ3v) is 3.20. The summed E-state index contributed by atoms with van der Waals surface area (Å²) in [6.45, 7) is 4.05. The fourth-order valence-electron chi connectivity index (χ4n) is 2.09. The Labute approximate surface area is 105 Å². The fourth-order valence-corrected chi connectivity index (χ4v) is 2.09. The minimum Gasteiger partial charge on any atom is -0.478 e. The van der Waals surface area contributed by atoms with Gasteiger partial charge in [-0.3, -0.25) is 0 Å². The number of carbonyl (C=O) groups is 1. The van der Waals surface area contributed by atoms with Crippen LogP contribution in [0.25, 0.3) is 0 Å². The van der Waals surface area contributed by atoms with Crippen molar-refractivity contribution in [1.29, 1.82) is 0 Å². The molecule has 2 unspecified atom stereocenters. The van der Waals surface area contributed by atoms with Gasteiger partial charge in [-0.05, 0) is 12.3 Å². The van der Waals surface area contributed by atoms with Crippen LogP contribution in [0.5, 0.6) is 0 Å². The van der Waals surface area contributed by atoms with Crippen molar-refractivity contribution >= 4 is 5.97 Å². The molecule has 1 aliphatic heterocycles. The van der Waals surface area contributed by atoms with E-state index in [1.54, 1.807) is 0 Å². The van der Waals surface area contributed by atoms with Gasteiger partial charge in [-0.2, -0.15) is 0 Å². The second kappa shape index (κ2) is 5.88. The Morgan fingerprint density at radius 2 is 2.50 bits per heavy atom. The van der Waals surface area contributed by atoms with Crippen LogP contribution in [0.2, 0.25) is 0 Å². The quantitative estimate of drug-likeness (QED) is 0.819. The molecule has 0 saturated carbocycles. The molecule has 0 radical (unpaired) electrons. The number of carboxylic acid groups (broad SMARTS) is 1. The molecule has 2 atom stereocenters. The van der Waals surface area contributed by atoms with E-state index in [1.165, 1.54) is 12.5 Å². The number of hydrogen-bond acceptors (Lipinski definition) is 5. The highest BCUT2D eigenvalue weighted by Crippen LogP contribution is 2.14. The predicted octanol–water partition coefficient (Wildman–Crippen LogP) is 0.689. The van der Waals surface area contributed by atoms with Crippen LogP contribution in [0.3, 0.4) is 0 Å². The van der Waals surface area contributed by atoms with Gasteiger partial charge < -0.3 is 15.2 Å². The summed E-state index contributed by atoms with van der Waals surface area (Å²) in [5.41, 5.74) is 0.681. The normalized spacial score (nSPS) is 23.8. The Morgan fingerprint density at radius 1 is 1.67 bits per heavy atom. The average molecular weight is 251 g/mol. The van der Waals surface area contributed by atoms with Crippen molar-refractivity contribution in [3.63, 3.8) is 0 Å². The lowest BCUT2D eigenvalue weighted by Crippen LogP contribution is -2.41. The molecule has 0 aliphatic carbocycles. The third kappa shape index (κ3) is 3.02. The van der Waals surface area contributed by atoms with E-state index in [2.05, 4.69) is 22.2 Å². The van der Waals surface area contributed by atoms with Gasteiger partial charge in [0.25, 0.3) is 0 Å². The number of hydrogen-bond donors (Lipinski definition) is 2. The molecule has 98 valence electrons. The molecular weight excluding hydrogens is 234 g/mol. The molecule has 0 aromatic carbocycles. The lowest BCUT2D eigenvalue weighted by atomic mass is 9.98. The van der Waals surface area contributed by atoms with E-state index in [0.29, 0.717) is 24.2 Å². The van der Waals surface area contributed by atoms with Crippen molar-refractivity contribution in [3.8, 4) is 0 Å². The molecule has 1 aromatic rings. The summed E-state index contributed by atoms with van der Waals surface area (Å²) in [7, 11) is 0. The van der Waals surface area contributed by atoms with Crippen LogP contribution in [0.4, 0.5) is 0 Å². The van der Waals surface area contributed by atoms with Crippen molar-refractivity contribution in [1.82, 2.24) is 15.3 Å². The first-order chi connectivity index (χ1) is 8.68. The second-order valence-corrected chi connectivity index (χ2v) is 4.52. The standard InChI is InChI=1S/C12H17N3O3/c1-8-6-18-3-2-10(8)14-5-11-9(12(16)17)4-13-7-15-11/h4,7-8,10,14H,2-3,5-6H2,1H3,(H,16,17). The van der Waals surface area contributed by atoms with Crippen molar-refractivity contribution in [2.45, 2.75) is 25.9 Å². The zero-order valence-electron chi connectivity index (χ0n) is 10.3. The molecule has 0 spiro atoms. The summed E-state index contributed by atoms with van der Waals surface area (Å²) in [5, 5.41) is 12.4. The smallest absolute Gasteiger partial charge is 0.339 e. The van der Waals surface area contributed by atoms with Gasteiger partial charge in [0.05, 0.1) is 12.3 Å². The van der Waals surface area contributed by atoms with Gasteiger partial charge in [-0.1, -0.05) is 6.92 Å². The van der Waals surface area contributed by atoms with Crippen molar-refractivity contribution in [3.05, 3.63) is 23.8 Å². The molecule has 1 saturated heterocycles. The van der Waals surface area contributed by atoms with Crippen molar-refractivity contribution < 1.29 is 14.6 Å². The molecule has 1 aromatic heterocycles. The SMILES string of the molecule is CC1COCCC1NCc1ncncc1C(=O)O. The Kier molecular flexibility index (Phi) is 4.22. The number of aromatic carboxylic acids is 1. The molecule has 1 aliphatic rings. The van der Waals surface area contributed by atoms with Crippen LogP contribution < -0.4 is 5.32 Å². The van der Waals surface area contributed by atoms with E-state index in [9.17, 15) is 4.79 Å². The number of nitrogens with zero attached hydrogens (tertiary/aromatic N) is 2. The lowest BCUT2D eigenvalue weighted by molar-refractivity contribution is 0.0384. The Hall–Kier alpha value is -1.53. The minimum atomic E-state index is -0.993. The van der Waals surface area contributed by atoms with Gasteiger partial charge in [0.15, 0.2) is 0 Å². The maximum atomic E-state index is 11.0. The minimum absolute atomic E-state index is 0.157. The average Bonchev–Trinajstić information content (AvgIpc) is 2.38. The number of aromatic nitrogens is 2. The second-order valence-electron chi connectivity index (χ2n) is 4.52. The molecule has 2 N–H and O–H groups in total. The van der Waals surface area contributed by atoms with Crippen molar-refractivity contribution in [2.75, 3.05) is 13.2 Å². The molecule has 18 heavy (non-hydrogen) atoms. The van der Waals surface area contributed by atoms with Gasteiger partial charge in [0.1, 0.15) is 11.9 Å². The largest absolute Gasteiger partial charge is 0.478 e. The Morgan fingerprint density at radius 3 is 3.22 bits per heavy atom. The topological polar surface area (TPSA) is 84.3 Å². The van der Waals surface area contributed by atoms with E-state index in [1.807, 2.05) is 0 Å². The molecule has 0 bridgehead atoms. The van der Waals surface area contributed by atoms with Gasteiger partial charge >= 0.3 is 5.97 Å². The van der Waals surface area contributed by atoms with Crippen LogP contribution in [0.15, 0.2) is 12.5 Å². The highest BCUT2D eigenvalue weighted by atomic mass is 16.5. The summed E-state index contributed by atoms with van der Waals surface area (Å²) in [5.74, 6) is -0.568. The molecule has 2 rings (SSSR count). The van der Waals surface area contributed by atoms with Crippen molar-refractivity contribution in [2.24, 2.45) is 5.92 Å². The van der Waals surface area contributed by atoms with Gasteiger partial charge in [-0.15, -0.1) is 0 Å². The summed E-state index contributed by atoms with van der Waals surface area (Å²) >= 11 is 0. The molecule has 6 nitrogen and oxygen atoms in total. The third-order valence-electron chi connectivity index (χ3n) is 3.20. The first-order valence-corrected chi connectivity index (χ1v) is 6.01. The fraction of sp³-hybridized carbons (Fsp3) is 0.583. The van der Waals surface area contributed by atoms with Crippen LogP contribution in [-0.2, 0) is 11.3 Å². The number of carboxylic acids is 1. The number of ether oxygens (including phenoxy) is 1. The van der Waals surface area contributed by atoms with E-state index in [0.717, 1.165) is 19.6 Å². The molecule has 0 amide bonds. The van der Waals surface area contributed by atoms with E-state index in [-0.39, 0.29) is 5.56 Å². The lowest BCUT2D eigenvalue weighted by Gasteiger charge is -2.29. The highest BCUT2D eigenvalue weighted by Gasteiger charge is 2.22. The summed E-state index contributed by atoms with van der Waals surface area (Å²) in [4.78, 5) is 18.8. The number of nitrogens with one attached hydrogen (secondary N) is 1. The van der Waals surface area contributed by atoms with E-state index < -0.39 is 5.97 Å². The van der Waals surface area contributed by atoms with Crippen LogP contribution in [0.1, 0.15) is 29.4 Å². The summed E-state index contributed by atoms with van der Waals surface area (Å²) in [6.07, 6.45) is 3.64. The molecular formula is C12H17N3O3. The first kappa shape index (κ1) is 12.9. The van der Waals surface area contributed by atoms with Crippen LogP contribution >= 0.6 is 0 Å². The maximum absolute atomic E-state index is 11.0. The Balaban J connectivity index is 1.99. The van der Waals surface area contributed by atoms with E-state index in [4.69, 9.17) is 9.84 Å². The zero-order valence-corrected chi connectivity index (χ0v) is 10.3. The van der Waals surface area contributed by atoms with Gasteiger partial charge in [0.2, 0.25) is 0 Å². The van der Waals surface area contributed by atoms with Gasteiger partial charge in [-0.25, -0.2) is 14.8 Å². The summed E-state index contributed by atoms with van der Waals surface area (Å²) in [6, 6.07) is 0.343. The summed E-state index contributed by atoms with van der Waals surface area (Å²) < 4.78 is 5.37. The van der Waals surface area contributed by atoms with Crippen LogP contribution in [0, 0.1) is 5.92 Å². The zero-order chi connectivity index (χ0) is 13.0. The monoisotopic (exact) mass is 251 g/mol. The first-order valence-electron chi connectivity index (χ1n) is 6.01. The Bertz CT molecular complexity index is 425. The van der Waals surface area contributed by atoms with Crippen LogP contribution in [-0.4, -0.2) is 40.3 Å².